The fourth-order valence-electron chi connectivity index (χ4n) is 2.97. The monoisotopic (exact) mass is 363 g/mol. The molecule has 3 aromatic carbocycles. The molecule has 0 radical (unpaired) electrons. The highest BCUT2D eigenvalue weighted by atomic mass is 19.1. The summed E-state index contributed by atoms with van der Waals surface area (Å²) in [6.07, 6.45) is 0.355. The molecule has 3 rings (SSSR count). The van der Waals surface area contributed by atoms with E-state index in [0.717, 1.165) is 11.1 Å². The molecule has 27 heavy (non-hydrogen) atoms. The Hall–Kier alpha value is -3.14. The molecule has 138 valence electrons. The molecular weight excluding hydrogens is 341 g/mol. The average molecular weight is 363 g/mol. The first-order chi connectivity index (χ1) is 13.2. The number of benzene rings is 3. The van der Waals surface area contributed by atoms with Crippen molar-refractivity contribution >= 4 is 5.91 Å². The number of ether oxygens (including phenoxy) is 1. The van der Waals surface area contributed by atoms with E-state index in [9.17, 15) is 9.18 Å². The van der Waals surface area contributed by atoms with Crippen LogP contribution in [0, 0.1) is 5.82 Å². The fraction of sp³-hybridized carbons (Fsp3) is 0.174. The minimum absolute atomic E-state index is 0.00321. The van der Waals surface area contributed by atoms with Crippen molar-refractivity contribution in [2.75, 3.05) is 13.2 Å². The summed E-state index contributed by atoms with van der Waals surface area (Å²) in [4.78, 5) is 12.4. The van der Waals surface area contributed by atoms with Crippen LogP contribution in [0.25, 0.3) is 0 Å². The van der Waals surface area contributed by atoms with Crippen molar-refractivity contribution in [1.29, 1.82) is 0 Å². The number of amides is 1. The van der Waals surface area contributed by atoms with Crippen molar-refractivity contribution < 1.29 is 13.9 Å². The number of carbonyl (C=O) groups is 1. The molecule has 0 unspecified atom stereocenters. The SMILES string of the molecule is O=C(CC(c1ccccc1)c1ccccc1)NCCOc1cccc(F)c1. The van der Waals surface area contributed by atoms with Gasteiger partial charge in [0.2, 0.25) is 5.91 Å². The summed E-state index contributed by atoms with van der Waals surface area (Å²) >= 11 is 0. The third kappa shape index (κ3) is 5.68. The first-order valence-corrected chi connectivity index (χ1v) is 8.97. The maximum absolute atomic E-state index is 13.1. The molecule has 0 atom stereocenters. The van der Waals surface area contributed by atoms with Crippen LogP contribution in [0.3, 0.4) is 0 Å². The molecular formula is C23H22FNO2. The molecule has 0 saturated carbocycles. The van der Waals surface area contributed by atoms with Crippen molar-refractivity contribution in [3.8, 4) is 5.75 Å². The van der Waals surface area contributed by atoms with Crippen LogP contribution in [-0.2, 0) is 4.79 Å². The van der Waals surface area contributed by atoms with E-state index < -0.39 is 0 Å². The lowest BCUT2D eigenvalue weighted by molar-refractivity contribution is -0.121. The smallest absolute Gasteiger partial charge is 0.221 e. The molecule has 3 aromatic rings. The van der Waals surface area contributed by atoms with E-state index in [4.69, 9.17) is 4.74 Å². The Bertz CT molecular complexity index is 813. The fourth-order valence-corrected chi connectivity index (χ4v) is 2.97. The number of hydrogen-bond acceptors (Lipinski definition) is 2. The number of halogens is 1. The number of hydrogen-bond donors (Lipinski definition) is 1. The highest BCUT2D eigenvalue weighted by Gasteiger charge is 2.17. The molecule has 0 aliphatic rings. The van der Waals surface area contributed by atoms with Gasteiger partial charge < -0.3 is 10.1 Å². The molecule has 0 saturated heterocycles. The molecule has 0 aromatic heterocycles. The molecule has 0 fully saturated rings. The lowest BCUT2D eigenvalue weighted by Crippen LogP contribution is -2.29. The Morgan fingerprint density at radius 2 is 1.52 bits per heavy atom. The molecule has 1 amide bonds. The van der Waals surface area contributed by atoms with Crippen LogP contribution >= 0.6 is 0 Å². The van der Waals surface area contributed by atoms with E-state index in [0.29, 0.717) is 18.7 Å². The summed E-state index contributed by atoms with van der Waals surface area (Å²) in [6.45, 7) is 0.655. The Morgan fingerprint density at radius 1 is 0.889 bits per heavy atom. The van der Waals surface area contributed by atoms with Crippen LogP contribution in [0.4, 0.5) is 4.39 Å². The van der Waals surface area contributed by atoms with Gasteiger partial charge in [-0.2, -0.15) is 0 Å². The van der Waals surface area contributed by atoms with Gasteiger partial charge in [0.05, 0.1) is 6.54 Å². The van der Waals surface area contributed by atoms with E-state index >= 15 is 0 Å². The third-order valence-corrected chi connectivity index (χ3v) is 4.28. The molecule has 0 spiro atoms. The van der Waals surface area contributed by atoms with Crippen molar-refractivity contribution in [3.63, 3.8) is 0 Å². The normalized spacial score (nSPS) is 10.6. The molecule has 3 nitrogen and oxygen atoms in total. The molecule has 0 bridgehead atoms. The van der Waals surface area contributed by atoms with Crippen LogP contribution in [0.2, 0.25) is 0 Å². The van der Waals surface area contributed by atoms with Crippen LogP contribution in [-0.4, -0.2) is 19.1 Å². The van der Waals surface area contributed by atoms with Crippen LogP contribution in [0.15, 0.2) is 84.9 Å². The Kier molecular flexibility index (Phi) is 6.58. The summed E-state index contributed by atoms with van der Waals surface area (Å²) in [6, 6.07) is 26.0. The predicted molar refractivity (Wildman–Crippen MR) is 104 cm³/mol. The zero-order chi connectivity index (χ0) is 18.9. The first kappa shape index (κ1) is 18.6. The maximum Gasteiger partial charge on any atom is 0.221 e. The highest BCUT2D eigenvalue weighted by Crippen LogP contribution is 2.27. The van der Waals surface area contributed by atoms with Gasteiger partial charge >= 0.3 is 0 Å². The summed E-state index contributed by atoms with van der Waals surface area (Å²) in [5, 5.41) is 2.88. The van der Waals surface area contributed by atoms with Crippen LogP contribution < -0.4 is 10.1 Å². The zero-order valence-electron chi connectivity index (χ0n) is 15.0. The minimum atomic E-state index is -0.343. The highest BCUT2D eigenvalue weighted by molar-refractivity contribution is 5.77. The summed E-state index contributed by atoms with van der Waals surface area (Å²) in [5.41, 5.74) is 2.21. The maximum atomic E-state index is 13.1. The van der Waals surface area contributed by atoms with E-state index in [1.54, 1.807) is 12.1 Å². The molecule has 0 aliphatic carbocycles. The third-order valence-electron chi connectivity index (χ3n) is 4.28. The number of carbonyl (C=O) groups excluding carboxylic acids is 1. The lowest BCUT2D eigenvalue weighted by atomic mass is 9.88. The van der Waals surface area contributed by atoms with Crippen molar-refractivity contribution in [3.05, 3.63) is 102 Å². The second kappa shape index (κ2) is 9.53. The van der Waals surface area contributed by atoms with Gasteiger partial charge in [-0.3, -0.25) is 4.79 Å². The Labute approximate surface area is 158 Å². The van der Waals surface area contributed by atoms with E-state index in [-0.39, 0.29) is 24.2 Å². The van der Waals surface area contributed by atoms with Crippen molar-refractivity contribution in [1.82, 2.24) is 5.32 Å². The number of rotatable bonds is 8. The predicted octanol–water partition coefficient (Wildman–Crippen LogP) is 4.54. The van der Waals surface area contributed by atoms with Gasteiger partial charge in [-0.05, 0) is 23.3 Å². The van der Waals surface area contributed by atoms with E-state index in [1.165, 1.54) is 12.1 Å². The standard InChI is InChI=1S/C23H22FNO2/c24-20-12-7-13-21(16-20)27-15-14-25-23(26)17-22(18-8-3-1-4-9-18)19-10-5-2-6-11-19/h1-13,16,22H,14-15,17H2,(H,25,26). The zero-order valence-corrected chi connectivity index (χ0v) is 15.0. The summed E-state index contributed by atoms with van der Waals surface area (Å²) in [7, 11) is 0. The van der Waals surface area contributed by atoms with Crippen LogP contribution in [0.5, 0.6) is 5.75 Å². The lowest BCUT2D eigenvalue weighted by Gasteiger charge is -2.18. The quantitative estimate of drug-likeness (QED) is 0.597. The van der Waals surface area contributed by atoms with Gasteiger partial charge in [-0.25, -0.2) is 4.39 Å². The summed E-state index contributed by atoms with van der Waals surface area (Å²) < 4.78 is 18.6. The van der Waals surface area contributed by atoms with Crippen molar-refractivity contribution in [2.45, 2.75) is 12.3 Å². The van der Waals surface area contributed by atoms with Gasteiger partial charge in [-0.1, -0.05) is 66.7 Å². The van der Waals surface area contributed by atoms with Gasteiger partial charge in [-0.15, -0.1) is 0 Å². The Balaban J connectivity index is 1.55. The summed E-state index contributed by atoms with van der Waals surface area (Å²) in [5.74, 6) is 0.0629. The second-order valence-electron chi connectivity index (χ2n) is 6.23. The van der Waals surface area contributed by atoms with Gasteiger partial charge in [0, 0.05) is 18.4 Å². The van der Waals surface area contributed by atoms with Crippen molar-refractivity contribution in [2.24, 2.45) is 0 Å². The van der Waals surface area contributed by atoms with E-state index in [1.807, 2.05) is 60.7 Å². The first-order valence-electron chi connectivity index (χ1n) is 8.97. The minimum Gasteiger partial charge on any atom is -0.492 e. The van der Waals surface area contributed by atoms with Crippen LogP contribution in [0.1, 0.15) is 23.5 Å². The average Bonchev–Trinajstić information content (AvgIpc) is 2.71. The molecule has 0 heterocycles. The molecule has 1 N–H and O–H groups in total. The van der Waals surface area contributed by atoms with Gasteiger partial charge in [0.1, 0.15) is 18.2 Å². The van der Waals surface area contributed by atoms with E-state index in [2.05, 4.69) is 5.32 Å². The second-order valence-corrected chi connectivity index (χ2v) is 6.23. The number of nitrogens with one attached hydrogen (secondary N) is 1. The Morgan fingerprint density at radius 3 is 2.11 bits per heavy atom. The largest absolute Gasteiger partial charge is 0.492 e. The molecule has 0 aliphatic heterocycles. The topological polar surface area (TPSA) is 38.3 Å². The van der Waals surface area contributed by atoms with Gasteiger partial charge in [0.25, 0.3) is 0 Å². The van der Waals surface area contributed by atoms with Gasteiger partial charge in [0.15, 0.2) is 0 Å². The molecule has 4 heteroatoms.